The highest BCUT2D eigenvalue weighted by molar-refractivity contribution is 7.71. The fraction of sp³-hybridized carbons (Fsp3) is 0. The molecule has 3 aromatic rings. The Kier molecular flexibility index (Phi) is 4.04. The molecule has 0 aliphatic rings. The Morgan fingerprint density at radius 3 is 2.68 bits per heavy atom. The van der Waals surface area contributed by atoms with Gasteiger partial charge in [-0.15, -0.1) is 0 Å². The molecular formula is C15H11ClN4OS. The molecule has 2 N–H and O–H groups in total. The predicted octanol–water partition coefficient (Wildman–Crippen LogP) is 3.85. The summed E-state index contributed by atoms with van der Waals surface area (Å²) in [5.74, 6) is 0.642. The minimum Gasteiger partial charge on any atom is -0.507 e. The summed E-state index contributed by atoms with van der Waals surface area (Å²) in [6.45, 7) is 0. The van der Waals surface area contributed by atoms with Gasteiger partial charge in [0.25, 0.3) is 0 Å². The lowest BCUT2D eigenvalue weighted by molar-refractivity contribution is 0.474. The number of rotatable bonds is 3. The van der Waals surface area contributed by atoms with Gasteiger partial charge in [-0.2, -0.15) is 14.9 Å². The molecule has 110 valence electrons. The van der Waals surface area contributed by atoms with E-state index in [4.69, 9.17) is 23.8 Å². The van der Waals surface area contributed by atoms with Gasteiger partial charge in [-0.25, -0.2) is 5.10 Å². The maximum atomic E-state index is 9.77. The molecule has 0 aliphatic carbocycles. The second kappa shape index (κ2) is 6.13. The van der Waals surface area contributed by atoms with E-state index >= 15 is 0 Å². The molecule has 1 heterocycles. The zero-order chi connectivity index (χ0) is 15.5. The molecule has 1 aromatic heterocycles. The zero-order valence-electron chi connectivity index (χ0n) is 11.3. The minimum atomic E-state index is 0.139. The molecule has 0 radical (unpaired) electrons. The summed E-state index contributed by atoms with van der Waals surface area (Å²) in [6, 6.07) is 14.2. The lowest BCUT2D eigenvalue weighted by Gasteiger charge is -2.03. The van der Waals surface area contributed by atoms with Gasteiger partial charge in [0.15, 0.2) is 5.82 Å². The number of hydrogen-bond donors (Lipinski definition) is 2. The first-order chi connectivity index (χ1) is 10.7. The van der Waals surface area contributed by atoms with Gasteiger partial charge >= 0.3 is 0 Å². The van der Waals surface area contributed by atoms with Crippen molar-refractivity contribution >= 4 is 30.0 Å². The van der Waals surface area contributed by atoms with Gasteiger partial charge in [0.1, 0.15) is 5.75 Å². The summed E-state index contributed by atoms with van der Waals surface area (Å²) in [4.78, 5) is 0. The molecule has 0 aliphatic heterocycles. The van der Waals surface area contributed by atoms with Gasteiger partial charge in [-0.05, 0) is 36.5 Å². The highest BCUT2D eigenvalue weighted by Crippen LogP contribution is 2.26. The van der Waals surface area contributed by atoms with Crippen molar-refractivity contribution < 1.29 is 5.11 Å². The standard InChI is InChI=1S/C15H11ClN4OS/c16-12-7-3-2-6-11(12)14-18-19-15(22)20(14)17-9-10-5-1-4-8-13(10)21/h1-9,21H,(H,19,22). The molecule has 0 spiro atoms. The first-order valence-corrected chi connectivity index (χ1v) is 7.20. The van der Waals surface area contributed by atoms with Crippen LogP contribution in [-0.4, -0.2) is 26.2 Å². The Bertz CT molecular complexity index is 900. The summed E-state index contributed by atoms with van der Waals surface area (Å²) >= 11 is 11.4. The fourth-order valence-corrected chi connectivity index (χ4v) is 2.33. The van der Waals surface area contributed by atoms with Crippen LogP contribution in [0.3, 0.4) is 0 Å². The number of para-hydroxylation sites is 1. The summed E-state index contributed by atoms with van der Waals surface area (Å²) in [6.07, 6.45) is 1.51. The number of benzene rings is 2. The largest absolute Gasteiger partial charge is 0.507 e. The molecule has 0 atom stereocenters. The van der Waals surface area contributed by atoms with Crippen molar-refractivity contribution in [1.29, 1.82) is 0 Å². The molecule has 3 rings (SSSR count). The van der Waals surface area contributed by atoms with Crippen LogP contribution in [0.1, 0.15) is 5.56 Å². The average Bonchev–Trinajstić information content (AvgIpc) is 2.88. The topological polar surface area (TPSA) is 66.2 Å². The van der Waals surface area contributed by atoms with E-state index < -0.39 is 0 Å². The molecule has 0 saturated heterocycles. The van der Waals surface area contributed by atoms with Crippen LogP contribution < -0.4 is 0 Å². The lowest BCUT2D eigenvalue weighted by Crippen LogP contribution is -1.95. The van der Waals surface area contributed by atoms with Crippen molar-refractivity contribution in [2.75, 3.05) is 0 Å². The van der Waals surface area contributed by atoms with E-state index in [1.54, 1.807) is 24.3 Å². The monoisotopic (exact) mass is 330 g/mol. The Hall–Kier alpha value is -2.44. The molecule has 0 fully saturated rings. The number of aromatic amines is 1. The Balaban J connectivity index is 2.06. The van der Waals surface area contributed by atoms with Gasteiger partial charge in [0, 0.05) is 11.1 Å². The fourth-order valence-electron chi connectivity index (χ4n) is 1.93. The van der Waals surface area contributed by atoms with Crippen LogP contribution in [0.4, 0.5) is 0 Å². The first kappa shape index (κ1) is 14.5. The van der Waals surface area contributed by atoms with Crippen LogP contribution >= 0.6 is 23.8 Å². The minimum absolute atomic E-state index is 0.139. The van der Waals surface area contributed by atoms with E-state index in [1.165, 1.54) is 10.9 Å². The second-order valence-corrected chi connectivity index (χ2v) is 5.24. The van der Waals surface area contributed by atoms with E-state index in [-0.39, 0.29) is 5.75 Å². The molecule has 5 nitrogen and oxygen atoms in total. The number of aromatic hydroxyl groups is 1. The quantitative estimate of drug-likeness (QED) is 0.566. The van der Waals surface area contributed by atoms with Gasteiger partial charge in [0.05, 0.1) is 11.2 Å². The molecular weight excluding hydrogens is 320 g/mol. The van der Waals surface area contributed by atoms with Gasteiger partial charge in [-0.1, -0.05) is 35.9 Å². The number of phenols is 1. The number of nitrogens with zero attached hydrogens (tertiary/aromatic N) is 3. The Labute approximate surface area is 136 Å². The van der Waals surface area contributed by atoms with Crippen molar-refractivity contribution in [2.45, 2.75) is 0 Å². The number of hydrogen-bond acceptors (Lipinski definition) is 4. The number of halogens is 1. The number of aromatic nitrogens is 3. The van der Waals surface area contributed by atoms with Gasteiger partial charge in [-0.3, -0.25) is 0 Å². The highest BCUT2D eigenvalue weighted by Gasteiger charge is 2.11. The smallest absolute Gasteiger partial charge is 0.216 e. The lowest BCUT2D eigenvalue weighted by atomic mass is 10.2. The first-order valence-electron chi connectivity index (χ1n) is 6.41. The molecule has 2 aromatic carbocycles. The number of phenolic OH excluding ortho intramolecular Hbond substituents is 1. The second-order valence-electron chi connectivity index (χ2n) is 4.45. The van der Waals surface area contributed by atoms with Crippen LogP contribution in [0.15, 0.2) is 53.6 Å². The van der Waals surface area contributed by atoms with Crippen molar-refractivity contribution in [3.8, 4) is 17.1 Å². The van der Waals surface area contributed by atoms with Gasteiger partial charge in [0.2, 0.25) is 4.77 Å². The number of H-pyrrole nitrogens is 1. The average molecular weight is 331 g/mol. The van der Waals surface area contributed by atoms with Crippen molar-refractivity contribution in [1.82, 2.24) is 14.9 Å². The van der Waals surface area contributed by atoms with E-state index in [2.05, 4.69) is 15.3 Å². The maximum absolute atomic E-state index is 9.77. The normalized spacial score (nSPS) is 11.1. The Morgan fingerprint density at radius 2 is 1.91 bits per heavy atom. The van der Waals surface area contributed by atoms with Crippen LogP contribution in [-0.2, 0) is 0 Å². The van der Waals surface area contributed by atoms with Crippen molar-refractivity contribution in [2.24, 2.45) is 5.10 Å². The van der Waals surface area contributed by atoms with Crippen LogP contribution in [0.5, 0.6) is 5.75 Å². The molecule has 0 saturated carbocycles. The predicted molar refractivity (Wildman–Crippen MR) is 89.0 cm³/mol. The van der Waals surface area contributed by atoms with Crippen LogP contribution in [0.25, 0.3) is 11.4 Å². The maximum Gasteiger partial charge on any atom is 0.216 e. The molecule has 7 heteroatoms. The third kappa shape index (κ3) is 2.79. The third-order valence-electron chi connectivity index (χ3n) is 3.01. The Morgan fingerprint density at radius 1 is 1.18 bits per heavy atom. The van der Waals surface area contributed by atoms with E-state index in [0.717, 1.165) is 0 Å². The van der Waals surface area contributed by atoms with E-state index in [1.807, 2.05) is 24.3 Å². The molecule has 0 bridgehead atoms. The van der Waals surface area contributed by atoms with Crippen molar-refractivity contribution in [3.63, 3.8) is 0 Å². The zero-order valence-corrected chi connectivity index (χ0v) is 12.8. The summed E-state index contributed by atoms with van der Waals surface area (Å²) < 4.78 is 1.80. The summed E-state index contributed by atoms with van der Waals surface area (Å²) in [7, 11) is 0. The highest BCUT2D eigenvalue weighted by atomic mass is 35.5. The van der Waals surface area contributed by atoms with Crippen molar-refractivity contribution in [3.05, 3.63) is 63.9 Å². The van der Waals surface area contributed by atoms with Gasteiger partial charge < -0.3 is 5.11 Å². The molecule has 0 unspecified atom stereocenters. The SMILES string of the molecule is Oc1ccccc1C=Nn1c(-c2ccccc2Cl)n[nH]c1=S. The molecule has 22 heavy (non-hydrogen) atoms. The summed E-state index contributed by atoms with van der Waals surface area (Å²) in [5.41, 5.74) is 1.29. The van der Waals surface area contributed by atoms with E-state index in [9.17, 15) is 5.11 Å². The number of nitrogens with one attached hydrogen (secondary N) is 1. The van der Waals surface area contributed by atoms with Crippen LogP contribution in [0, 0.1) is 4.77 Å². The van der Waals surface area contributed by atoms with Crippen LogP contribution in [0.2, 0.25) is 5.02 Å². The van der Waals surface area contributed by atoms with E-state index in [0.29, 0.717) is 26.7 Å². The molecule has 0 amide bonds. The summed E-state index contributed by atoms with van der Waals surface area (Å²) in [5, 5.41) is 21.5. The third-order valence-corrected chi connectivity index (χ3v) is 3.61.